The first kappa shape index (κ1) is 14.4. The van der Waals surface area contributed by atoms with Gasteiger partial charge in [0.05, 0.1) is 6.61 Å². The van der Waals surface area contributed by atoms with Crippen LogP contribution in [0.4, 0.5) is 5.82 Å². The lowest BCUT2D eigenvalue weighted by atomic mass is 10.1. The van der Waals surface area contributed by atoms with E-state index in [1.54, 1.807) is 7.11 Å². The third-order valence-corrected chi connectivity index (χ3v) is 3.23. The number of anilines is 1. The first-order chi connectivity index (χ1) is 9.69. The average molecular weight is 272 g/mol. The lowest BCUT2D eigenvalue weighted by molar-refractivity contribution is 0.185. The fraction of sp³-hybridized carbons (Fsp3) is 0.333. The molecule has 0 aliphatic heterocycles. The van der Waals surface area contributed by atoms with E-state index in [9.17, 15) is 0 Å². The van der Waals surface area contributed by atoms with Gasteiger partial charge >= 0.3 is 0 Å². The largest absolute Gasteiger partial charge is 0.380 e. The van der Waals surface area contributed by atoms with Crippen LogP contribution in [0.1, 0.15) is 23.7 Å². The second kappa shape index (κ2) is 6.45. The summed E-state index contributed by atoms with van der Waals surface area (Å²) in [4.78, 5) is 9.05. The lowest BCUT2D eigenvalue weighted by Gasteiger charge is -2.11. The van der Waals surface area contributed by atoms with E-state index in [1.807, 2.05) is 31.2 Å². The number of benzene rings is 1. The van der Waals surface area contributed by atoms with Crippen LogP contribution in [0, 0.1) is 6.92 Å². The molecule has 3 N–H and O–H groups in total. The maximum absolute atomic E-state index is 5.55. The maximum atomic E-state index is 5.55. The van der Waals surface area contributed by atoms with Gasteiger partial charge in [0, 0.05) is 23.9 Å². The summed E-state index contributed by atoms with van der Waals surface area (Å²) < 4.78 is 5.10. The summed E-state index contributed by atoms with van der Waals surface area (Å²) in [6, 6.07) is 8.02. The Labute approximate surface area is 119 Å². The molecule has 0 spiro atoms. The van der Waals surface area contributed by atoms with Gasteiger partial charge in [-0.2, -0.15) is 0 Å². The predicted octanol–water partition coefficient (Wildman–Crippen LogP) is 2.45. The smallest absolute Gasteiger partial charge is 0.161 e. The highest BCUT2D eigenvalue weighted by atomic mass is 16.5. The fourth-order valence-electron chi connectivity index (χ4n) is 2.18. The Bertz CT molecular complexity index is 581. The number of nitrogens with two attached hydrogens (primary N) is 1. The molecule has 1 heterocycles. The first-order valence-electron chi connectivity index (χ1n) is 6.62. The van der Waals surface area contributed by atoms with Crippen LogP contribution >= 0.6 is 0 Å². The van der Waals surface area contributed by atoms with E-state index >= 15 is 0 Å². The normalized spacial score (nSPS) is 10.6. The molecular weight excluding hydrogens is 252 g/mol. The van der Waals surface area contributed by atoms with Gasteiger partial charge in [-0.15, -0.1) is 0 Å². The summed E-state index contributed by atoms with van der Waals surface area (Å²) in [5.74, 6) is 6.92. The number of ether oxygens (including phenoxy) is 1. The van der Waals surface area contributed by atoms with Crippen LogP contribution in [-0.2, 0) is 17.8 Å². The minimum Gasteiger partial charge on any atom is -0.380 e. The molecular formula is C15H20N4O. The molecule has 0 fully saturated rings. The monoisotopic (exact) mass is 272 g/mol. The molecule has 1 aromatic heterocycles. The maximum Gasteiger partial charge on any atom is 0.161 e. The standard InChI is InChI=1S/C15H20N4O/c1-4-13-10(2)17-14(18-15(13)19-16)12-7-5-11(6-8-12)9-20-3/h5-8H,4,9,16H2,1-3H3,(H,17,18,19). The van der Waals surface area contributed by atoms with Crippen molar-refractivity contribution in [3.8, 4) is 11.4 Å². The zero-order chi connectivity index (χ0) is 14.5. The SMILES string of the molecule is CCc1c(C)nc(-c2ccc(COC)cc2)nc1NN. The Balaban J connectivity index is 2.39. The van der Waals surface area contributed by atoms with Gasteiger partial charge in [0.15, 0.2) is 5.82 Å². The molecule has 20 heavy (non-hydrogen) atoms. The van der Waals surface area contributed by atoms with Crippen molar-refractivity contribution in [2.45, 2.75) is 26.9 Å². The highest BCUT2D eigenvalue weighted by Crippen LogP contribution is 2.22. The number of rotatable bonds is 5. The highest BCUT2D eigenvalue weighted by Gasteiger charge is 2.10. The first-order valence-corrected chi connectivity index (χ1v) is 6.62. The van der Waals surface area contributed by atoms with Gasteiger partial charge in [0.25, 0.3) is 0 Å². The van der Waals surface area contributed by atoms with Crippen LogP contribution < -0.4 is 11.3 Å². The number of nitrogen functional groups attached to an aromatic ring is 1. The van der Waals surface area contributed by atoms with Crippen molar-refractivity contribution in [1.29, 1.82) is 0 Å². The minimum absolute atomic E-state index is 0.602. The molecule has 106 valence electrons. The Morgan fingerprint density at radius 3 is 2.45 bits per heavy atom. The number of nitrogens with zero attached hydrogens (tertiary/aromatic N) is 2. The van der Waals surface area contributed by atoms with Crippen LogP contribution in [0.3, 0.4) is 0 Å². The Morgan fingerprint density at radius 2 is 1.90 bits per heavy atom. The zero-order valence-corrected chi connectivity index (χ0v) is 12.1. The van der Waals surface area contributed by atoms with E-state index in [1.165, 1.54) is 0 Å². The molecule has 0 atom stereocenters. The van der Waals surface area contributed by atoms with E-state index in [-0.39, 0.29) is 0 Å². The van der Waals surface area contributed by atoms with E-state index in [0.29, 0.717) is 18.2 Å². The summed E-state index contributed by atoms with van der Waals surface area (Å²) in [6.45, 7) is 4.64. The summed E-state index contributed by atoms with van der Waals surface area (Å²) in [5, 5.41) is 0. The number of hydrogen-bond acceptors (Lipinski definition) is 5. The molecule has 5 nitrogen and oxygen atoms in total. The summed E-state index contributed by atoms with van der Waals surface area (Å²) >= 11 is 0. The molecule has 0 amide bonds. The molecule has 0 saturated carbocycles. The van der Waals surface area contributed by atoms with Crippen molar-refractivity contribution < 1.29 is 4.74 Å². The van der Waals surface area contributed by atoms with Gasteiger partial charge in [-0.3, -0.25) is 0 Å². The van der Waals surface area contributed by atoms with Gasteiger partial charge in [-0.25, -0.2) is 15.8 Å². The number of aromatic nitrogens is 2. The molecule has 0 aliphatic rings. The molecule has 2 rings (SSSR count). The van der Waals surface area contributed by atoms with Crippen molar-refractivity contribution >= 4 is 5.82 Å². The number of hydrazine groups is 1. The summed E-state index contributed by atoms with van der Waals surface area (Å²) in [5.41, 5.74) is 6.74. The third kappa shape index (κ3) is 2.95. The van der Waals surface area contributed by atoms with E-state index in [0.717, 1.165) is 28.8 Å². The van der Waals surface area contributed by atoms with Crippen LogP contribution in [-0.4, -0.2) is 17.1 Å². The minimum atomic E-state index is 0.602. The van der Waals surface area contributed by atoms with Crippen LogP contribution in [0.2, 0.25) is 0 Å². The molecule has 2 aromatic rings. The third-order valence-electron chi connectivity index (χ3n) is 3.23. The van der Waals surface area contributed by atoms with Gasteiger partial charge in [0.2, 0.25) is 0 Å². The second-order valence-electron chi connectivity index (χ2n) is 4.59. The Hall–Kier alpha value is -1.98. The summed E-state index contributed by atoms with van der Waals surface area (Å²) in [7, 11) is 1.68. The number of aryl methyl sites for hydroxylation is 1. The topological polar surface area (TPSA) is 73.1 Å². The molecule has 0 saturated heterocycles. The van der Waals surface area contributed by atoms with Gasteiger partial charge in [-0.1, -0.05) is 31.2 Å². The molecule has 0 radical (unpaired) electrons. The van der Waals surface area contributed by atoms with Crippen molar-refractivity contribution in [3.63, 3.8) is 0 Å². The van der Waals surface area contributed by atoms with Gasteiger partial charge < -0.3 is 10.2 Å². The van der Waals surface area contributed by atoms with E-state index in [2.05, 4.69) is 22.3 Å². The van der Waals surface area contributed by atoms with E-state index in [4.69, 9.17) is 10.6 Å². The summed E-state index contributed by atoms with van der Waals surface area (Å²) in [6.07, 6.45) is 0.846. The molecule has 5 heteroatoms. The molecule has 0 unspecified atom stereocenters. The van der Waals surface area contributed by atoms with Crippen molar-refractivity contribution in [3.05, 3.63) is 41.1 Å². The quantitative estimate of drug-likeness (QED) is 0.646. The van der Waals surface area contributed by atoms with Crippen molar-refractivity contribution in [2.75, 3.05) is 12.5 Å². The predicted molar refractivity (Wildman–Crippen MR) is 80.1 cm³/mol. The Morgan fingerprint density at radius 1 is 1.20 bits per heavy atom. The zero-order valence-electron chi connectivity index (χ0n) is 12.1. The van der Waals surface area contributed by atoms with E-state index < -0.39 is 0 Å². The highest BCUT2D eigenvalue weighted by molar-refractivity contribution is 5.60. The average Bonchev–Trinajstić information content (AvgIpc) is 2.47. The second-order valence-corrected chi connectivity index (χ2v) is 4.59. The van der Waals surface area contributed by atoms with Crippen LogP contribution in [0.5, 0.6) is 0 Å². The molecule has 0 bridgehead atoms. The number of nitrogens with one attached hydrogen (secondary N) is 1. The van der Waals surface area contributed by atoms with Gasteiger partial charge in [-0.05, 0) is 18.9 Å². The number of hydrogen-bond donors (Lipinski definition) is 2. The molecule has 1 aromatic carbocycles. The van der Waals surface area contributed by atoms with Crippen LogP contribution in [0.25, 0.3) is 11.4 Å². The number of methoxy groups -OCH3 is 1. The van der Waals surface area contributed by atoms with Gasteiger partial charge in [0.1, 0.15) is 5.82 Å². The lowest BCUT2D eigenvalue weighted by Crippen LogP contribution is -2.13. The fourth-order valence-corrected chi connectivity index (χ4v) is 2.18. The molecule has 0 aliphatic carbocycles. The van der Waals surface area contributed by atoms with Crippen molar-refractivity contribution in [2.24, 2.45) is 5.84 Å². The van der Waals surface area contributed by atoms with Crippen LogP contribution in [0.15, 0.2) is 24.3 Å². The Kier molecular flexibility index (Phi) is 4.65. The van der Waals surface area contributed by atoms with Crippen molar-refractivity contribution in [1.82, 2.24) is 9.97 Å².